The maximum Gasteiger partial charge on any atom is 0.254 e. The second-order valence-corrected chi connectivity index (χ2v) is 7.44. The molecule has 1 amide bonds. The van der Waals surface area contributed by atoms with Crippen LogP contribution in [-0.4, -0.2) is 52.3 Å². The molecule has 2 aliphatic rings. The SMILES string of the molecule is O=C(C1CSc2nccc(=O)n2C1)N1CCN(c2ccccc2F)CC1. The van der Waals surface area contributed by atoms with Crippen molar-refractivity contribution in [3.05, 3.63) is 52.7 Å². The first kappa shape index (κ1) is 17.1. The van der Waals surface area contributed by atoms with Crippen molar-refractivity contribution in [3.8, 4) is 0 Å². The summed E-state index contributed by atoms with van der Waals surface area (Å²) in [5, 5.41) is 0.672. The Morgan fingerprint density at radius 3 is 2.69 bits per heavy atom. The fraction of sp³-hybridized carbons (Fsp3) is 0.389. The molecular weight excluding hydrogens is 355 g/mol. The van der Waals surface area contributed by atoms with Crippen LogP contribution in [0.25, 0.3) is 0 Å². The summed E-state index contributed by atoms with van der Waals surface area (Å²) < 4.78 is 15.5. The Kier molecular flexibility index (Phi) is 4.67. The number of hydrogen-bond donors (Lipinski definition) is 0. The molecule has 0 spiro atoms. The number of para-hydroxylation sites is 1. The van der Waals surface area contributed by atoms with E-state index in [1.54, 1.807) is 16.7 Å². The van der Waals surface area contributed by atoms with Gasteiger partial charge in [-0.1, -0.05) is 23.9 Å². The van der Waals surface area contributed by atoms with Crippen LogP contribution in [0, 0.1) is 11.7 Å². The van der Waals surface area contributed by atoms with E-state index in [4.69, 9.17) is 0 Å². The van der Waals surface area contributed by atoms with E-state index in [1.807, 2.05) is 15.9 Å². The van der Waals surface area contributed by atoms with Gasteiger partial charge in [-0.3, -0.25) is 14.2 Å². The van der Waals surface area contributed by atoms with Gasteiger partial charge in [0, 0.05) is 50.7 Å². The first-order valence-corrected chi connectivity index (χ1v) is 9.59. The van der Waals surface area contributed by atoms with Crippen molar-refractivity contribution < 1.29 is 9.18 Å². The van der Waals surface area contributed by atoms with Gasteiger partial charge < -0.3 is 9.80 Å². The molecular formula is C18H19FN4O2S. The number of halogens is 1. The minimum Gasteiger partial charge on any atom is -0.366 e. The molecule has 1 saturated heterocycles. The number of nitrogens with zero attached hydrogens (tertiary/aromatic N) is 4. The number of benzene rings is 1. The first-order valence-electron chi connectivity index (χ1n) is 8.60. The molecule has 26 heavy (non-hydrogen) atoms. The topological polar surface area (TPSA) is 58.4 Å². The average Bonchev–Trinajstić information content (AvgIpc) is 2.68. The highest BCUT2D eigenvalue weighted by Gasteiger charge is 2.31. The summed E-state index contributed by atoms with van der Waals surface area (Å²) in [5.74, 6) is 0.226. The van der Waals surface area contributed by atoms with E-state index in [-0.39, 0.29) is 23.2 Å². The Bertz CT molecular complexity index is 879. The zero-order valence-corrected chi connectivity index (χ0v) is 15.0. The van der Waals surface area contributed by atoms with Crippen molar-refractivity contribution in [2.24, 2.45) is 5.92 Å². The third-order valence-electron chi connectivity index (χ3n) is 4.85. The smallest absolute Gasteiger partial charge is 0.254 e. The summed E-state index contributed by atoms with van der Waals surface area (Å²) in [5.41, 5.74) is 0.462. The predicted molar refractivity (Wildman–Crippen MR) is 97.9 cm³/mol. The monoisotopic (exact) mass is 374 g/mol. The molecule has 1 aromatic heterocycles. The summed E-state index contributed by atoms with van der Waals surface area (Å²) in [6.45, 7) is 2.70. The second-order valence-electron chi connectivity index (χ2n) is 6.45. The molecule has 3 heterocycles. The molecule has 1 atom stereocenters. The van der Waals surface area contributed by atoms with Gasteiger partial charge in [-0.15, -0.1) is 0 Å². The van der Waals surface area contributed by atoms with Gasteiger partial charge in [0.15, 0.2) is 5.16 Å². The molecule has 2 aliphatic heterocycles. The lowest BCUT2D eigenvalue weighted by Gasteiger charge is -2.38. The van der Waals surface area contributed by atoms with Crippen LogP contribution in [0.5, 0.6) is 0 Å². The van der Waals surface area contributed by atoms with E-state index < -0.39 is 0 Å². The number of carbonyl (C=O) groups excluding carboxylic acids is 1. The summed E-state index contributed by atoms with van der Waals surface area (Å²) in [4.78, 5) is 32.8. The van der Waals surface area contributed by atoms with Crippen LogP contribution in [0.2, 0.25) is 0 Å². The van der Waals surface area contributed by atoms with Crippen molar-refractivity contribution in [1.29, 1.82) is 0 Å². The Morgan fingerprint density at radius 2 is 1.92 bits per heavy atom. The van der Waals surface area contributed by atoms with Crippen molar-refractivity contribution in [1.82, 2.24) is 14.5 Å². The van der Waals surface area contributed by atoms with Gasteiger partial charge in [-0.2, -0.15) is 0 Å². The average molecular weight is 374 g/mol. The van der Waals surface area contributed by atoms with E-state index in [0.29, 0.717) is 49.3 Å². The molecule has 8 heteroatoms. The molecule has 6 nitrogen and oxygen atoms in total. The highest BCUT2D eigenvalue weighted by molar-refractivity contribution is 7.99. The number of piperazine rings is 1. The Labute approximate surface area is 154 Å². The number of thioether (sulfide) groups is 1. The van der Waals surface area contributed by atoms with Crippen molar-refractivity contribution >= 4 is 23.4 Å². The van der Waals surface area contributed by atoms with Crippen LogP contribution in [0.3, 0.4) is 0 Å². The van der Waals surface area contributed by atoms with Crippen molar-refractivity contribution in [2.75, 3.05) is 36.8 Å². The minimum absolute atomic E-state index is 0.0621. The van der Waals surface area contributed by atoms with Gasteiger partial charge in [-0.05, 0) is 12.1 Å². The van der Waals surface area contributed by atoms with E-state index in [1.165, 1.54) is 30.1 Å². The molecule has 0 N–H and O–H groups in total. The standard InChI is InChI=1S/C18H19FN4O2S/c19-14-3-1-2-4-15(14)21-7-9-22(10-8-21)17(25)13-11-23-16(24)5-6-20-18(23)26-12-13/h1-6,13H,7-12H2. The van der Waals surface area contributed by atoms with Crippen LogP contribution in [-0.2, 0) is 11.3 Å². The number of rotatable bonds is 2. The second kappa shape index (κ2) is 7.11. The molecule has 1 unspecified atom stereocenters. The molecule has 1 aromatic carbocycles. The molecule has 0 saturated carbocycles. The number of anilines is 1. The largest absolute Gasteiger partial charge is 0.366 e. The van der Waals surface area contributed by atoms with Crippen LogP contribution >= 0.6 is 11.8 Å². The third kappa shape index (κ3) is 3.21. The van der Waals surface area contributed by atoms with Gasteiger partial charge in [0.05, 0.1) is 11.6 Å². The minimum atomic E-state index is -0.237. The lowest BCUT2D eigenvalue weighted by atomic mass is 10.1. The highest BCUT2D eigenvalue weighted by Crippen LogP contribution is 2.27. The Hall–Kier alpha value is -2.35. The lowest BCUT2D eigenvalue weighted by Crippen LogP contribution is -2.52. The molecule has 0 radical (unpaired) electrons. The quantitative estimate of drug-likeness (QED) is 0.745. The molecule has 136 valence electrons. The number of aromatic nitrogens is 2. The summed E-state index contributed by atoms with van der Waals surface area (Å²) in [6, 6.07) is 8.13. The van der Waals surface area contributed by atoms with Crippen LogP contribution in [0.1, 0.15) is 0 Å². The summed E-state index contributed by atoms with van der Waals surface area (Å²) in [7, 11) is 0. The highest BCUT2D eigenvalue weighted by atomic mass is 32.2. The maximum atomic E-state index is 13.9. The van der Waals surface area contributed by atoms with Gasteiger partial charge in [0.2, 0.25) is 5.91 Å². The molecule has 2 aromatic rings. The third-order valence-corrected chi connectivity index (χ3v) is 6.00. The Balaban J connectivity index is 1.41. The van der Waals surface area contributed by atoms with Crippen LogP contribution < -0.4 is 10.5 Å². The van der Waals surface area contributed by atoms with Crippen LogP contribution in [0.15, 0.2) is 46.5 Å². The van der Waals surface area contributed by atoms with Crippen LogP contribution in [0.4, 0.5) is 10.1 Å². The Morgan fingerprint density at radius 1 is 1.15 bits per heavy atom. The fourth-order valence-electron chi connectivity index (χ4n) is 3.43. The van der Waals surface area contributed by atoms with Crippen molar-refractivity contribution in [3.63, 3.8) is 0 Å². The summed E-state index contributed by atoms with van der Waals surface area (Å²) in [6.07, 6.45) is 1.51. The molecule has 0 aliphatic carbocycles. The number of hydrogen-bond acceptors (Lipinski definition) is 5. The van der Waals surface area contributed by atoms with Crippen molar-refractivity contribution in [2.45, 2.75) is 11.7 Å². The van der Waals surface area contributed by atoms with E-state index in [0.717, 1.165) is 0 Å². The first-order chi connectivity index (χ1) is 12.6. The number of amides is 1. The number of fused-ring (bicyclic) bond motifs is 1. The zero-order valence-electron chi connectivity index (χ0n) is 14.2. The maximum absolute atomic E-state index is 13.9. The molecule has 1 fully saturated rings. The van der Waals surface area contributed by atoms with Gasteiger partial charge in [-0.25, -0.2) is 9.37 Å². The predicted octanol–water partition coefficient (Wildman–Crippen LogP) is 1.45. The fourth-order valence-corrected chi connectivity index (χ4v) is 4.49. The van der Waals surface area contributed by atoms with Gasteiger partial charge in [0.25, 0.3) is 5.56 Å². The zero-order chi connectivity index (χ0) is 18.1. The molecule has 4 rings (SSSR count). The number of carbonyl (C=O) groups is 1. The summed E-state index contributed by atoms with van der Waals surface area (Å²) >= 11 is 1.45. The van der Waals surface area contributed by atoms with E-state index in [2.05, 4.69) is 4.98 Å². The normalized spacial score (nSPS) is 20.0. The van der Waals surface area contributed by atoms with Gasteiger partial charge >= 0.3 is 0 Å². The van der Waals surface area contributed by atoms with E-state index >= 15 is 0 Å². The van der Waals surface area contributed by atoms with Gasteiger partial charge in [0.1, 0.15) is 5.82 Å². The molecule has 0 bridgehead atoms. The van der Waals surface area contributed by atoms with E-state index in [9.17, 15) is 14.0 Å². The lowest BCUT2D eigenvalue weighted by molar-refractivity contribution is -0.135.